The van der Waals surface area contributed by atoms with Crippen molar-refractivity contribution >= 4 is 35.2 Å². The third kappa shape index (κ3) is 5.03. The summed E-state index contributed by atoms with van der Waals surface area (Å²) in [5.41, 5.74) is 0.730. The first-order valence-corrected chi connectivity index (χ1v) is 14.6. The van der Waals surface area contributed by atoms with E-state index in [1.54, 1.807) is 16.7 Å². The number of aliphatic hydroxyl groups excluding tert-OH is 1. The number of fused-ring (bicyclic) bond motifs is 1. The minimum absolute atomic E-state index is 0.0411. The first kappa shape index (κ1) is 27.0. The standard InChI is InChI=1S/C28H41N3O4S/c1-3-4-10-15-29-26(34)24-28-19(2)18-21(36-28)22(25(33)30-20-13-8-7-9-14-20)23(28)27(35)31(24)16-11-5-6-12-17-32/h7-9,13-14,19,21-24,32H,3-6,10-12,15-18H2,1-2H3,(H,29,34)(H,30,33)/t19?,21-,22+,23+,24?,28?/m1/s1. The molecular formula is C28H41N3O4S. The lowest BCUT2D eigenvalue weighted by Gasteiger charge is -2.38. The molecule has 3 aliphatic rings. The molecule has 2 bridgehead atoms. The van der Waals surface area contributed by atoms with Gasteiger partial charge in [0.25, 0.3) is 0 Å². The Hall–Kier alpha value is -2.06. The van der Waals surface area contributed by atoms with Crippen LogP contribution in [0.15, 0.2) is 30.3 Å². The molecule has 1 aromatic rings. The lowest BCUT2D eigenvalue weighted by Crippen LogP contribution is -2.56. The molecule has 36 heavy (non-hydrogen) atoms. The number of rotatable bonds is 13. The number of hydrogen-bond acceptors (Lipinski definition) is 5. The van der Waals surface area contributed by atoms with Crippen LogP contribution in [0.1, 0.15) is 65.2 Å². The Bertz CT molecular complexity index is 929. The predicted molar refractivity (Wildman–Crippen MR) is 144 cm³/mol. The SMILES string of the molecule is CCCCCNC(=O)C1N(CCCCCCO)C(=O)[C@@H]2[C@@H](C(=O)Nc3ccccc3)[C@H]3CC(C)C12S3. The lowest BCUT2D eigenvalue weighted by molar-refractivity contribution is -0.139. The van der Waals surface area contributed by atoms with Crippen molar-refractivity contribution in [2.24, 2.45) is 17.8 Å². The van der Waals surface area contributed by atoms with Crippen LogP contribution in [0.3, 0.4) is 0 Å². The Morgan fingerprint density at radius 1 is 1.08 bits per heavy atom. The molecule has 1 spiro atoms. The number of likely N-dealkylation sites (tertiary alicyclic amines) is 1. The maximum Gasteiger partial charge on any atom is 0.244 e. The number of anilines is 1. The molecular weight excluding hydrogens is 474 g/mol. The number of amides is 3. The summed E-state index contributed by atoms with van der Waals surface area (Å²) in [6.45, 7) is 5.59. The number of carbonyl (C=O) groups is 3. The van der Waals surface area contributed by atoms with E-state index in [0.717, 1.165) is 57.1 Å². The lowest BCUT2D eigenvalue weighted by atomic mass is 9.66. The summed E-state index contributed by atoms with van der Waals surface area (Å²) in [4.78, 5) is 43.0. The number of para-hydroxylation sites is 1. The van der Waals surface area contributed by atoms with Gasteiger partial charge in [0.1, 0.15) is 6.04 Å². The summed E-state index contributed by atoms with van der Waals surface area (Å²) in [5.74, 6) is -0.967. The fraction of sp³-hybridized carbons (Fsp3) is 0.679. The highest BCUT2D eigenvalue weighted by Crippen LogP contribution is 2.68. The molecule has 3 unspecified atom stereocenters. The van der Waals surface area contributed by atoms with Crippen molar-refractivity contribution in [2.45, 2.75) is 81.3 Å². The third-order valence-electron chi connectivity index (χ3n) is 8.22. The van der Waals surface area contributed by atoms with Crippen molar-refractivity contribution in [3.8, 4) is 0 Å². The quantitative estimate of drug-likeness (QED) is 0.347. The second-order valence-electron chi connectivity index (χ2n) is 10.6. The molecule has 3 saturated heterocycles. The monoisotopic (exact) mass is 515 g/mol. The van der Waals surface area contributed by atoms with Crippen LogP contribution in [0, 0.1) is 17.8 Å². The molecule has 7 nitrogen and oxygen atoms in total. The topological polar surface area (TPSA) is 98.7 Å². The van der Waals surface area contributed by atoms with E-state index in [9.17, 15) is 14.4 Å². The number of hydrogen-bond donors (Lipinski definition) is 3. The number of nitrogens with zero attached hydrogens (tertiary/aromatic N) is 1. The molecule has 0 aromatic heterocycles. The van der Waals surface area contributed by atoms with Gasteiger partial charge >= 0.3 is 0 Å². The zero-order valence-corrected chi connectivity index (χ0v) is 22.4. The van der Waals surface area contributed by atoms with Gasteiger partial charge in [-0.25, -0.2) is 0 Å². The Morgan fingerprint density at radius 3 is 2.56 bits per heavy atom. The largest absolute Gasteiger partial charge is 0.396 e. The highest BCUT2D eigenvalue weighted by atomic mass is 32.2. The minimum atomic E-state index is -0.569. The molecule has 0 aliphatic carbocycles. The second-order valence-corrected chi connectivity index (χ2v) is 12.1. The van der Waals surface area contributed by atoms with E-state index in [-0.39, 0.29) is 35.5 Å². The highest BCUT2D eigenvalue weighted by Gasteiger charge is 2.75. The van der Waals surface area contributed by atoms with Crippen molar-refractivity contribution < 1.29 is 19.5 Å². The molecule has 3 heterocycles. The summed E-state index contributed by atoms with van der Waals surface area (Å²) < 4.78 is -0.569. The molecule has 0 radical (unpaired) electrons. The van der Waals surface area contributed by atoms with Crippen molar-refractivity contribution in [1.82, 2.24) is 10.2 Å². The molecule has 3 aliphatic heterocycles. The number of carbonyl (C=O) groups excluding carboxylic acids is 3. The average molecular weight is 516 g/mol. The van der Waals surface area contributed by atoms with E-state index < -0.39 is 22.6 Å². The zero-order chi connectivity index (χ0) is 25.7. The number of unbranched alkanes of at least 4 members (excludes halogenated alkanes) is 5. The molecule has 8 heteroatoms. The maximum atomic E-state index is 14.0. The van der Waals surface area contributed by atoms with E-state index >= 15 is 0 Å². The van der Waals surface area contributed by atoms with E-state index in [1.807, 2.05) is 30.3 Å². The Kier molecular flexibility index (Phi) is 8.99. The first-order chi connectivity index (χ1) is 17.5. The third-order valence-corrected chi connectivity index (χ3v) is 10.3. The highest BCUT2D eigenvalue weighted by molar-refractivity contribution is 8.02. The molecule has 198 valence electrons. The number of benzene rings is 1. The summed E-state index contributed by atoms with van der Waals surface area (Å²) in [7, 11) is 0. The summed E-state index contributed by atoms with van der Waals surface area (Å²) in [5, 5.41) is 15.3. The van der Waals surface area contributed by atoms with Gasteiger partial charge in [0.15, 0.2) is 0 Å². The van der Waals surface area contributed by atoms with Gasteiger partial charge in [-0.3, -0.25) is 14.4 Å². The Balaban J connectivity index is 1.58. The van der Waals surface area contributed by atoms with Crippen LogP contribution in [-0.2, 0) is 14.4 Å². The predicted octanol–water partition coefficient (Wildman–Crippen LogP) is 3.82. The van der Waals surface area contributed by atoms with Crippen LogP contribution >= 0.6 is 11.8 Å². The van der Waals surface area contributed by atoms with E-state index in [0.29, 0.717) is 13.1 Å². The molecule has 3 amide bonds. The van der Waals surface area contributed by atoms with Crippen molar-refractivity contribution in [1.29, 1.82) is 0 Å². The van der Waals surface area contributed by atoms with Crippen LogP contribution in [0.4, 0.5) is 5.69 Å². The molecule has 1 aromatic carbocycles. The van der Waals surface area contributed by atoms with Crippen molar-refractivity contribution in [3.05, 3.63) is 30.3 Å². The summed E-state index contributed by atoms with van der Waals surface area (Å²) >= 11 is 1.72. The minimum Gasteiger partial charge on any atom is -0.396 e. The number of aliphatic hydroxyl groups is 1. The van der Waals surface area contributed by atoms with Crippen LogP contribution in [-0.4, -0.2) is 63.5 Å². The number of nitrogens with one attached hydrogen (secondary N) is 2. The molecule has 3 fully saturated rings. The fourth-order valence-corrected chi connectivity index (χ4v) is 8.96. The summed E-state index contributed by atoms with van der Waals surface area (Å²) in [6, 6.07) is 8.84. The van der Waals surface area contributed by atoms with Crippen LogP contribution < -0.4 is 10.6 Å². The van der Waals surface area contributed by atoms with E-state index in [1.165, 1.54) is 0 Å². The zero-order valence-electron chi connectivity index (χ0n) is 21.6. The van der Waals surface area contributed by atoms with Crippen molar-refractivity contribution in [2.75, 3.05) is 25.0 Å². The second kappa shape index (κ2) is 12.0. The molecule has 3 N–H and O–H groups in total. The van der Waals surface area contributed by atoms with Crippen LogP contribution in [0.25, 0.3) is 0 Å². The summed E-state index contributed by atoms with van der Waals surface area (Å²) in [6.07, 6.45) is 7.24. The van der Waals surface area contributed by atoms with Gasteiger partial charge in [0, 0.05) is 30.6 Å². The Labute approximate surface area is 219 Å². The van der Waals surface area contributed by atoms with Gasteiger partial charge in [0.2, 0.25) is 17.7 Å². The van der Waals surface area contributed by atoms with Crippen molar-refractivity contribution in [3.63, 3.8) is 0 Å². The van der Waals surface area contributed by atoms with Gasteiger partial charge in [-0.1, -0.05) is 57.7 Å². The fourth-order valence-electron chi connectivity index (χ4n) is 6.54. The van der Waals surface area contributed by atoms with Crippen LogP contribution in [0.2, 0.25) is 0 Å². The first-order valence-electron chi connectivity index (χ1n) is 13.7. The molecule has 4 rings (SSSR count). The molecule has 6 atom stereocenters. The smallest absolute Gasteiger partial charge is 0.244 e. The van der Waals surface area contributed by atoms with Gasteiger partial charge in [-0.2, -0.15) is 0 Å². The number of thioether (sulfide) groups is 1. The van der Waals surface area contributed by atoms with E-state index in [4.69, 9.17) is 5.11 Å². The van der Waals surface area contributed by atoms with Gasteiger partial charge in [0.05, 0.1) is 16.6 Å². The maximum absolute atomic E-state index is 14.0. The van der Waals surface area contributed by atoms with Gasteiger partial charge < -0.3 is 20.6 Å². The molecule has 0 saturated carbocycles. The Morgan fingerprint density at radius 2 is 1.83 bits per heavy atom. The normalized spacial score (nSPS) is 30.5. The van der Waals surface area contributed by atoms with E-state index in [2.05, 4.69) is 24.5 Å². The van der Waals surface area contributed by atoms with Gasteiger partial charge in [-0.05, 0) is 43.7 Å². The van der Waals surface area contributed by atoms with Gasteiger partial charge in [-0.15, -0.1) is 11.8 Å². The van der Waals surface area contributed by atoms with Crippen LogP contribution in [0.5, 0.6) is 0 Å². The average Bonchev–Trinajstić information content (AvgIpc) is 3.46.